The minimum atomic E-state index is 0.458. The Bertz CT molecular complexity index is 888. The van der Waals surface area contributed by atoms with Gasteiger partial charge in [0.15, 0.2) is 0 Å². The van der Waals surface area contributed by atoms with Gasteiger partial charge in [-0.05, 0) is 18.2 Å². The van der Waals surface area contributed by atoms with E-state index >= 15 is 0 Å². The number of anilines is 1. The average Bonchev–Trinajstić information content (AvgIpc) is 3.04. The summed E-state index contributed by atoms with van der Waals surface area (Å²) in [7, 11) is 0. The Kier molecular flexibility index (Phi) is 1.88. The van der Waals surface area contributed by atoms with E-state index in [1.165, 1.54) is 0 Å². The molecule has 0 saturated heterocycles. The van der Waals surface area contributed by atoms with Gasteiger partial charge in [0.05, 0.1) is 17.3 Å². The smallest absolute Gasteiger partial charge is 0.142 e. The molecule has 0 aliphatic rings. The van der Waals surface area contributed by atoms with Crippen LogP contribution in [0.4, 0.5) is 5.82 Å². The molecule has 92 valence electrons. The third-order valence-corrected chi connectivity index (χ3v) is 3.13. The van der Waals surface area contributed by atoms with E-state index in [2.05, 4.69) is 24.9 Å². The van der Waals surface area contributed by atoms with Crippen molar-refractivity contribution < 1.29 is 0 Å². The highest BCUT2D eigenvalue weighted by Crippen LogP contribution is 2.26. The second kappa shape index (κ2) is 3.55. The van der Waals surface area contributed by atoms with Crippen LogP contribution in [0.25, 0.3) is 33.5 Å². The van der Waals surface area contributed by atoms with Gasteiger partial charge in [-0.2, -0.15) is 0 Å². The van der Waals surface area contributed by atoms with E-state index < -0.39 is 0 Å². The number of imidazole rings is 1. The lowest BCUT2D eigenvalue weighted by Crippen LogP contribution is -1.93. The van der Waals surface area contributed by atoms with Crippen molar-refractivity contribution in [3.8, 4) is 11.4 Å². The summed E-state index contributed by atoms with van der Waals surface area (Å²) in [5.41, 5.74) is 9.25. The first-order valence-electron chi connectivity index (χ1n) is 5.85. The summed E-state index contributed by atoms with van der Waals surface area (Å²) in [5.74, 6) is 1.16. The lowest BCUT2D eigenvalue weighted by molar-refractivity contribution is 1.28. The summed E-state index contributed by atoms with van der Waals surface area (Å²) >= 11 is 0. The van der Waals surface area contributed by atoms with Crippen LogP contribution in [0.15, 0.2) is 36.8 Å². The molecule has 0 saturated carbocycles. The van der Waals surface area contributed by atoms with E-state index in [0.29, 0.717) is 11.6 Å². The number of rotatable bonds is 1. The number of pyridine rings is 2. The lowest BCUT2D eigenvalue weighted by Gasteiger charge is -1.98. The maximum atomic E-state index is 5.87. The zero-order valence-corrected chi connectivity index (χ0v) is 9.88. The van der Waals surface area contributed by atoms with Crippen LogP contribution in [0, 0.1) is 0 Å². The van der Waals surface area contributed by atoms with Crippen LogP contribution in [-0.4, -0.2) is 24.9 Å². The maximum absolute atomic E-state index is 5.87. The number of aromatic nitrogens is 5. The highest BCUT2D eigenvalue weighted by Gasteiger charge is 2.11. The fourth-order valence-electron chi connectivity index (χ4n) is 2.22. The maximum Gasteiger partial charge on any atom is 0.142 e. The fraction of sp³-hybridized carbons (Fsp3) is 0. The quantitative estimate of drug-likeness (QED) is 0.482. The van der Waals surface area contributed by atoms with E-state index in [4.69, 9.17) is 5.73 Å². The van der Waals surface area contributed by atoms with Gasteiger partial charge in [0.1, 0.15) is 22.8 Å². The van der Waals surface area contributed by atoms with Gasteiger partial charge in [-0.1, -0.05) is 0 Å². The van der Waals surface area contributed by atoms with E-state index in [1.54, 1.807) is 12.4 Å². The summed E-state index contributed by atoms with van der Waals surface area (Å²) in [6.45, 7) is 0. The molecule has 0 spiro atoms. The van der Waals surface area contributed by atoms with Gasteiger partial charge in [-0.25, -0.2) is 15.0 Å². The number of nitrogens with one attached hydrogen (secondary N) is 2. The standard InChI is InChI=1S/C13H10N6/c14-11-8(2-1-4-15-11)13-18-9-6-17-12-7(3-5-16-12)10(9)19-13/h1-6H,(H2,14,15)(H,16,17)(H,18,19). The monoisotopic (exact) mass is 250 g/mol. The van der Waals surface area contributed by atoms with Crippen LogP contribution in [0.1, 0.15) is 0 Å². The van der Waals surface area contributed by atoms with Gasteiger partial charge in [0.2, 0.25) is 0 Å². The van der Waals surface area contributed by atoms with Crippen LogP contribution in [0.5, 0.6) is 0 Å². The van der Waals surface area contributed by atoms with Crippen LogP contribution < -0.4 is 5.73 Å². The van der Waals surface area contributed by atoms with Gasteiger partial charge in [-0.3, -0.25) is 0 Å². The fourth-order valence-corrected chi connectivity index (χ4v) is 2.22. The predicted octanol–water partition coefficient (Wildman–Crippen LogP) is 2.08. The minimum Gasteiger partial charge on any atom is -0.383 e. The molecule has 0 radical (unpaired) electrons. The highest BCUT2D eigenvalue weighted by atomic mass is 15.0. The third-order valence-electron chi connectivity index (χ3n) is 3.13. The number of nitrogen functional groups attached to an aromatic ring is 1. The van der Waals surface area contributed by atoms with E-state index in [-0.39, 0.29) is 0 Å². The number of nitrogens with two attached hydrogens (primary N) is 1. The first-order chi connectivity index (χ1) is 9.33. The molecule has 4 heterocycles. The molecule has 0 unspecified atom stereocenters. The normalized spacial score (nSPS) is 11.4. The van der Waals surface area contributed by atoms with Crippen molar-refractivity contribution in [2.24, 2.45) is 0 Å². The summed E-state index contributed by atoms with van der Waals surface area (Å²) in [6.07, 6.45) is 5.27. The third kappa shape index (κ3) is 1.40. The van der Waals surface area contributed by atoms with Crippen LogP contribution in [0.3, 0.4) is 0 Å². The number of nitrogens with zero attached hydrogens (tertiary/aromatic N) is 3. The van der Waals surface area contributed by atoms with Crippen LogP contribution in [0.2, 0.25) is 0 Å². The molecule has 19 heavy (non-hydrogen) atoms. The second-order valence-electron chi connectivity index (χ2n) is 4.28. The Hall–Kier alpha value is -2.89. The van der Waals surface area contributed by atoms with Gasteiger partial charge < -0.3 is 15.7 Å². The number of hydrogen-bond acceptors (Lipinski definition) is 4. The van der Waals surface area contributed by atoms with E-state index in [9.17, 15) is 0 Å². The van der Waals surface area contributed by atoms with E-state index in [1.807, 2.05) is 24.4 Å². The zero-order chi connectivity index (χ0) is 12.8. The molecule has 0 aliphatic heterocycles. The number of fused-ring (bicyclic) bond motifs is 3. The van der Waals surface area contributed by atoms with Gasteiger partial charge in [0, 0.05) is 17.8 Å². The molecule has 4 aromatic rings. The van der Waals surface area contributed by atoms with Crippen molar-refractivity contribution in [1.29, 1.82) is 0 Å². The Labute approximate surface area is 107 Å². The van der Waals surface area contributed by atoms with E-state index in [0.717, 1.165) is 27.6 Å². The Morgan fingerprint density at radius 1 is 1.16 bits per heavy atom. The molecule has 0 aromatic carbocycles. The van der Waals surface area contributed by atoms with Crippen molar-refractivity contribution in [1.82, 2.24) is 24.9 Å². The zero-order valence-electron chi connectivity index (χ0n) is 9.88. The molecule has 4 aromatic heterocycles. The van der Waals surface area contributed by atoms with Crippen LogP contribution >= 0.6 is 0 Å². The molecule has 0 fully saturated rings. The molecule has 4 N–H and O–H groups in total. The largest absolute Gasteiger partial charge is 0.383 e. The Morgan fingerprint density at radius 2 is 2.11 bits per heavy atom. The van der Waals surface area contributed by atoms with Gasteiger partial charge in [0.25, 0.3) is 0 Å². The highest BCUT2D eigenvalue weighted by molar-refractivity contribution is 6.01. The molecule has 0 atom stereocenters. The summed E-state index contributed by atoms with van der Waals surface area (Å²) in [5, 5.41) is 0.988. The van der Waals surface area contributed by atoms with Crippen molar-refractivity contribution in [2.45, 2.75) is 0 Å². The molecule has 4 rings (SSSR count). The SMILES string of the molecule is Nc1ncccc1-c1nc2c(cnc3[nH]ccc32)[nH]1. The first kappa shape index (κ1) is 10.1. The number of H-pyrrole nitrogens is 2. The van der Waals surface area contributed by atoms with Gasteiger partial charge in [-0.15, -0.1) is 0 Å². The first-order valence-corrected chi connectivity index (χ1v) is 5.85. The molecule has 6 heteroatoms. The topological polar surface area (TPSA) is 96.3 Å². The second-order valence-corrected chi connectivity index (χ2v) is 4.28. The van der Waals surface area contributed by atoms with Crippen molar-refractivity contribution in [3.05, 3.63) is 36.8 Å². The summed E-state index contributed by atoms with van der Waals surface area (Å²) in [6, 6.07) is 5.69. The Balaban J connectivity index is 2.04. The number of aromatic amines is 2. The molecular formula is C13H10N6. The van der Waals surface area contributed by atoms with Crippen molar-refractivity contribution in [3.63, 3.8) is 0 Å². The van der Waals surface area contributed by atoms with Crippen molar-refractivity contribution in [2.75, 3.05) is 5.73 Å². The summed E-state index contributed by atoms with van der Waals surface area (Å²) in [4.78, 5) is 19.3. The molecule has 0 aliphatic carbocycles. The van der Waals surface area contributed by atoms with Crippen molar-refractivity contribution >= 4 is 27.9 Å². The lowest BCUT2D eigenvalue weighted by atomic mass is 10.2. The predicted molar refractivity (Wildman–Crippen MR) is 73.4 cm³/mol. The molecule has 0 amide bonds. The minimum absolute atomic E-state index is 0.458. The number of hydrogen-bond donors (Lipinski definition) is 3. The average molecular weight is 250 g/mol. The molecule has 6 nitrogen and oxygen atoms in total. The van der Waals surface area contributed by atoms with Gasteiger partial charge >= 0.3 is 0 Å². The molecule has 0 bridgehead atoms. The van der Waals surface area contributed by atoms with Crippen LogP contribution in [-0.2, 0) is 0 Å². The Morgan fingerprint density at radius 3 is 3.00 bits per heavy atom. The summed E-state index contributed by atoms with van der Waals surface area (Å²) < 4.78 is 0. The molecular weight excluding hydrogens is 240 g/mol.